The summed E-state index contributed by atoms with van der Waals surface area (Å²) < 4.78 is 0. The molecule has 2 amide bonds. The monoisotopic (exact) mass is 317 g/mol. The quantitative estimate of drug-likeness (QED) is 0.889. The van der Waals surface area contributed by atoms with Crippen molar-refractivity contribution in [3.63, 3.8) is 0 Å². The molecule has 0 aliphatic rings. The van der Waals surface area contributed by atoms with Crippen LogP contribution in [0, 0.1) is 0 Å². The maximum atomic E-state index is 12.3. The molecule has 1 heterocycles. The minimum atomic E-state index is -0.226. The zero-order chi connectivity index (χ0) is 16.1. The number of nitrogens with zero attached hydrogens (tertiary/aromatic N) is 1. The van der Waals surface area contributed by atoms with Gasteiger partial charge in [-0.05, 0) is 37.1 Å². The Morgan fingerprint density at radius 1 is 1.18 bits per heavy atom. The van der Waals surface area contributed by atoms with Crippen molar-refractivity contribution in [2.24, 2.45) is 0 Å². The molecule has 0 aliphatic carbocycles. The lowest BCUT2D eigenvalue weighted by Gasteiger charge is -2.08. The van der Waals surface area contributed by atoms with Gasteiger partial charge in [0.25, 0.3) is 11.8 Å². The van der Waals surface area contributed by atoms with Crippen molar-refractivity contribution in [3.05, 3.63) is 45.9 Å². The van der Waals surface area contributed by atoms with Crippen LogP contribution in [-0.4, -0.2) is 23.3 Å². The number of carbonyl (C=O) groups is 2. The number of aromatic nitrogens is 1. The molecule has 0 atom stereocenters. The third-order valence-electron chi connectivity index (χ3n) is 3.08. The smallest absolute Gasteiger partial charge is 0.275 e. The van der Waals surface area contributed by atoms with E-state index >= 15 is 0 Å². The Labute approximate surface area is 133 Å². The van der Waals surface area contributed by atoms with Crippen LogP contribution in [0.1, 0.15) is 52.4 Å². The maximum absolute atomic E-state index is 12.3. The molecule has 0 aliphatic heterocycles. The van der Waals surface area contributed by atoms with Gasteiger partial charge in [-0.1, -0.05) is 13.8 Å². The number of hydrogen-bond acceptors (Lipinski definition) is 4. The van der Waals surface area contributed by atoms with Crippen molar-refractivity contribution in [1.29, 1.82) is 0 Å². The van der Waals surface area contributed by atoms with Gasteiger partial charge < -0.3 is 10.6 Å². The molecule has 0 spiro atoms. The first-order chi connectivity index (χ1) is 10.5. The predicted molar refractivity (Wildman–Crippen MR) is 88.6 cm³/mol. The summed E-state index contributed by atoms with van der Waals surface area (Å²) in [7, 11) is 0. The summed E-state index contributed by atoms with van der Waals surface area (Å²) in [5, 5.41) is 5.54. The third-order valence-corrected chi connectivity index (χ3v) is 4.21. The van der Waals surface area contributed by atoms with Crippen molar-refractivity contribution in [3.8, 4) is 0 Å². The minimum absolute atomic E-state index is 0.123. The number of hydrogen-bond donors (Lipinski definition) is 2. The number of benzene rings is 1. The van der Waals surface area contributed by atoms with E-state index in [1.54, 1.807) is 29.8 Å². The minimum Gasteiger partial charge on any atom is -0.352 e. The number of carbonyl (C=O) groups excluding carboxylic acids is 2. The standard InChI is InChI=1S/C16H19N3O2S/c1-4-17-15(20)11-5-7-12(8-6-11)19-16(21)13-14(10(2)3)22-9-18-13/h5-10H,4H2,1-3H3,(H,17,20)(H,19,21). The largest absolute Gasteiger partial charge is 0.352 e. The molecule has 0 unspecified atom stereocenters. The van der Waals surface area contributed by atoms with Gasteiger partial charge in [0, 0.05) is 22.7 Å². The Kier molecular flexibility index (Phi) is 5.27. The molecule has 1 aromatic carbocycles. The molecule has 22 heavy (non-hydrogen) atoms. The molecule has 116 valence electrons. The van der Waals surface area contributed by atoms with Crippen LogP contribution in [0.5, 0.6) is 0 Å². The van der Waals surface area contributed by atoms with Crippen LogP contribution < -0.4 is 10.6 Å². The predicted octanol–water partition coefficient (Wildman–Crippen LogP) is 3.27. The number of thiazole rings is 1. The van der Waals surface area contributed by atoms with Gasteiger partial charge in [0.2, 0.25) is 0 Å². The Morgan fingerprint density at radius 2 is 1.86 bits per heavy atom. The number of nitrogens with one attached hydrogen (secondary N) is 2. The van der Waals surface area contributed by atoms with Crippen LogP contribution in [0.4, 0.5) is 5.69 Å². The number of amides is 2. The van der Waals surface area contributed by atoms with Gasteiger partial charge in [0.1, 0.15) is 5.69 Å². The SMILES string of the molecule is CCNC(=O)c1ccc(NC(=O)c2ncsc2C(C)C)cc1. The molecule has 2 aromatic rings. The van der Waals surface area contributed by atoms with Gasteiger partial charge in [-0.15, -0.1) is 11.3 Å². The molecule has 0 saturated carbocycles. The normalized spacial score (nSPS) is 10.5. The average molecular weight is 317 g/mol. The van der Waals surface area contributed by atoms with E-state index in [2.05, 4.69) is 15.6 Å². The highest BCUT2D eigenvalue weighted by Crippen LogP contribution is 2.24. The molecular formula is C16H19N3O2S. The Morgan fingerprint density at radius 3 is 2.45 bits per heavy atom. The summed E-state index contributed by atoms with van der Waals surface area (Å²) in [6.07, 6.45) is 0. The van der Waals surface area contributed by atoms with Crippen molar-refractivity contribution >= 4 is 28.8 Å². The lowest BCUT2D eigenvalue weighted by molar-refractivity contribution is 0.0955. The number of rotatable bonds is 5. The van der Waals surface area contributed by atoms with Crippen LogP contribution >= 0.6 is 11.3 Å². The Balaban J connectivity index is 2.09. The number of anilines is 1. The van der Waals surface area contributed by atoms with E-state index in [9.17, 15) is 9.59 Å². The van der Waals surface area contributed by atoms with E-state index in [0.717, 1.165) is 4.88 Å². The summed E-state index contributed by atoms with van der Waals surface area (Å²) in [6, 6.07) is 6.80. The summed E-state index contributed by atoms with van der Waals surface area (Å²) in [5.74, 6) is -0.0916. The molecule has 2 rings (SSSR count). The highest BCUT2D eigenvalue weighted by molar-refractivity contribution is 7.10. The summed E-state index contributed by atoms with van der Waals surface area (Å²) in [4.78, 5) is 29.1. The molecule has 1 aromatic heterocycles. The van der Waals surface area contributed by atoms with E-state index in [0.29, 0.717) is 23.5 Å². The highest BCUT2D eigenvalue weighted by atomic mass is 32.1. The molecule has 6 heteroatoms. The lowest BCUT2D eigenvalue weighted by Crippen LogP contribution is -2.22. The second kappa shape index (κ2) is 7.17. The Bertz CT molecular complexity index is 662. The fourth-order valence-corrected chi connectivity index (χ4v) is 2.79. The van der Waals surface area contributed by atoms with Crippen LogP contribution in [0.3, 0.4) is 0 Å². The van der Waals surface area contributed by atoms with E-state index in [1.165, 1.54) is 11.3 Å². The van der Waals surface area contributed by atoms with Gasteiger partial charge in [0.05, 0.1) is 5.51 Å². The first-order valence-corrected chi connectivity index (χ1v) is 8.03. The van der Waals surface area contributed by atoms with Crippen molar-refractivity contribution in [1.82, 2.24) is 10.3 Å². The molecule has 0 radical (unpaired) electrons. The molecule has 0 bridgehead atoms. The molecular weight excluding hydrogens is 298 g/mol. The lowest BCUT2D eigenvalue weighted by atomic mass is 10.1. The van der Waals surface area contributed by atoms with Crippen LogP contribution in [0.15, 0.2) is 29.8 Å². The average Bonchev–Trinajstić information content (AvgIpc) is 2.98. The van der Waals surface area contributed by atoms with Gasteiger partial charge in [0.15, 0.2) is 0 Å². The van der Waals surface area contributed by atoms with Crippen LogP contribution in [0.2, 0.25) is 0 Å². The molecule has 0 fully saturated rings. The van der Waals surface area contributed by atoms with E-state index in [4.69, 9.17) is 0 Å². The van der Waals surface area contributed by atoms with E-state index < -0.39 is 0 Å². The molecule has 5 nitrogen and oxygen atoms in total. The summed E-state index contributed by atoms with van der Waals surface area (Å²) in [6.45, 7) is 6.52. The fourth-order valence-electron chi connectivity index (χ4n) is 1.99. The zero-order valence-corrected chi connectivity index (χ0v) is 13.7. The van der Waals surface area contributed by atoms with Crippen LogP contribution in [-0.2, 0) is 0 Å². The molecule has 2 N–H and O–H groups in total. The van der Waals surface area contributed by atoms with Gasteiger partial charge in [-0.25, -0.2) is 4.98 Å². The van der Waals surface area contributed by atoms with Gasteiger partial charge in [-0.2, -0.15) is 0 Å². The van der Waals surface area contributed by atoms with E-state index in [1.807, 2.05) is 20.8 Å². The van der Waals surface area contributed by atoms with Gasteiger partial charge in [-0.3, -0.25) is 9.59 Å². The van der Waals surface area contributed by atoms with Crippen LogP contribution in [0.25, 0.3) is 0 Å². The van der Waals surface area contributed by atoms with Crippen molar-refractivity contribution in [2.45, 2.75) is 26.7 Å². The first-order valence-electron chi connectivity index (χ1n) is 7.16. The van der Waals surface area contributed by atoms with Gasteiger partial charge >= 0.3 is 0 Å². The van der Waals surface area contributed by atoms with Crippen molar-refractivity contribution in [2.75, 3.05) is 11.9 Å². The second-order valence-electron chi connectivity index (χ2n) is 5.11. The fraction of sp³-hybridized carbons (Fsp3) is 0.312. The zero-order valence-electron chi connectivity index (χ0n) is 12.8. The van der Waals surface area contributed by atoms with E-state index in [-0.39, 0.29) is 17.7 Å². The third kappa shape index (κ3) is 3.71. The topological polar surface area (TPSA) is 71.1 Å². The summed E-state index contributed by atoms with van der Waals surface area (Å²) >= 11 is 1.48. The highest BCUT2D eigenvalue weighted by Gasteiger charge is 2.17. The Hall–Kier alpha value is -2.21. The first kappa shape index (κ1) is 16.2. The molecule has 0 saturated heterocycles. The maximum Gasteiger partial charge on any atom is 0.275 e. The second-order valence-corrected chi connectivity index (χ2v) is 6.00. The summed E-state index contributed by atoms with van der Waals surface area (Å²) in [5.41, 5.74) is 3.35. The van der Waals surface area contributed by atoms with Crippen molar-refractivity contribution < 1.29 is 9.59 Å².